The fourth-order valence-electron chi connectivity index (χ4n) is 5.00. The van der Waals surface area contributed by atoms with E-state index in [9.17, 15) is 18.0 Å². The topological polar surface area (TPSA) is 96.9 Å². The van der Waals surface area contributed by atoms with Crippen LogP contribution in [0, 0.1) is 0 Å². The van der Waals surface area contributed by atoms with E-state index in [4.69, 9.17) is 27.9 Å². The molecule has 4 rings (SSSR count). The zero-order valence-electron chi connectivity index (χ0n) is 26.7. The van der Waals surface area contributed by atoms with E-state index >= 15 is 0 Å². The number of carbonyl (C=O) groups excluding carboxylic acids is 2. The Hall–Kier alpha value is -3.50. The second-order valence-electron chi connectivity index (χ2n) is 12.4. The van der Waals surface area contributed by atoms with Gasteiger partial charge in [0.1, 0.15) is 12.1 Å². The summed E-state index contributed by atoms with van der Waals surface area (Å²) in [6.45, 7) is 5.52. The molecule has 0 radical (unpaired) electrons. The monoisotopic (exact) mass is 683 g/mol. The molecule has 0 amide bonds. The van der Waals surface area contributed by atoms with Gasteiger partial charge in [-0.25, -0.2) is 8.42 Å². The van der Waals surface area contributed by atoms with Gasteiger partial charge >= 0.3 is 5.97 Å². The summed E-state index contributed by atoms with van der Waals surface area (Å²) >= 11 is 12.3. The summed E-state index contributed by atoms with van der Waals surface area (Å²) in [5.74, 6) is -0.774. The van der Waals surface area contributed by atoms with E-state index in [2.05, 4.69) is 9.88 Å². The van der Waals surface area contributed by atoms with Crippen molar-refractivity contribution in [2.45, 2.75) is 57.0 Å². The van der Waals surface area contributed by atoms with Gasteiger partial charge in [-0.2, -0.15) is 0 Å². The first-order chi connectivity index (χ1) is 21.6. The minimum Gasteiger partial charge on any atom is -0.459 e. The van der Waals surface area contributed by atoms with Crippen molar-refractivity contribution in [3.05, 3.63) is 99.8 Å². The van der Waals surface area contributed by atoms with Gasteiger partial charge in [0, 0.05) is 33.9 Å². The molecule has 0 N–H and O–H groups in total. The summed E-state index contributed by atoms with van der Waals surface area (Å²) in [4.78, 5) is 32.8. The highest BCUT2D eigenvalue weighted by Crippen LogP contribution is 2.32. The molecular weight excluding hydrogens is 645 g/mol. The SMILES string of the molecule is CN(C)CCCc1ccc(CCC(=O)c2cccc3cc(N(CC(=O)OC(C)(C)C)S(=O)(=O)c4cc(Cl)cc(Cl)c4)ccc23)cn1. The van der Waals surface area contributed by atoms with Crippen molar-refractivity contribution in [1.29, 1.82) is 0 Å². The molecule has 1 heterocycles. The van der Waals surface area contributed by atoms with Crippen molar-refractivity contribution in [3.8, 4) is 0 Å². The molecule has 0 bridgehead atoms. The second-order valence-corrected chi connectivity index (χ2v) is 15.1. The lowest BCUT2D eigenvalue weighted by atomic mass is 9.97. The van der Waals surface area contributed by atoms with Gasteiger partial charge in [-0.05, 0) is 113 Å². The number of hydrogen-bond acceptors (Lipinski definition) is 7. The molecule has 46 heavy (non-hydrogen) atoms. The molecule has 0 aliphatic carbocycles. The van der Waals surface area contributed by atoms with Crippen LogP contribution < -0.4 is 4.31 Å². The lowest BCUT2D eigenvalue weighted by Crippen LogP contribution is -2.39. The maximum Gasteiger partial charge on any atom is 0.327 e. The van der Waals surface area contributed by atoms with Gasteiger partial charge in [-0.15, -0.1) is 0 Å². The zero-order chi connectivity index (χ0) is 33.6. The highest BCUT2D eigenvalue weighted by Gasteiger charge is 2.30. The number of ketones is 1. The first-order valence-corrected chi connectivity index (χ1v) is 17.2. The summed E-state index contributed by atoms with van der Waals surface area (Å²) in [7, 11) is -0.210. The zero-order valence-corrected chi connectivity index (χ0v) is 29.0. The average molecular weight is 685 g/mol. The Balaban J connectivity index is 1.59. The van der Waals surface area contributed by atoms with Crippen LogP contribution in [0.2, 0.25) is 10.0 Å². The molecule has 0 atom stereocenters. The number of pyridine rings is 1. The van der Waals surface area contributed by atoms with Gasteiger partial charge in [-0.3, -0.25) is 18.9 Å². The number of carbonyl (C=O) groups is 2. The summed E-state index contributed by atoms with van der Waals surface area (Å²) in [6.07, 6.45) is 4.60. The van der Waals surface area contributed by atoms with Crippen LogP contribution in [0.25, 0.3) is 10.8 Å². The van der Waals surface area contributed by atoms with Gasteiger partial charge in [0.15, 0.2) is 5.78 Å². The van der Waals surface area contributed by atoms with Crippen LogP contribution in [0.15, 0.2) is 77.8 Å². The van der Waals surface area contributed by atoms with Crippen LogP contribution in [-0.2, 0) is 32.4 Å². The third kappa shape index (κ3) is 9.51. The third-order valence-corrected chi connectivity index (χ3v) is 9.32. The number of sulfonamides is 1. The molecule has 0 saturated carbocycles. The van der Waals surface area contributed by atoms with Gasteiger partial charge in [0.2, 0.25) is 0 Å². The Labute approximate surface area is 281 Å². The molecule has 0 aliphatic rings. The summed E-state index contributed by atoms with van der Waals surface area (Å²) in [5.41, 5.74) is 1.93. The van der Waals surface area contributed by atoms with Crippen LogP contribution >= 0.6 is 23.2 Å². The standard InChI is InChI=1S/C35H39Cl2N3O5S/c1-35(2,3)45-34(42)23-40(46(43,44)30-20-26(36)19-27(37)21-30)29-14-15-31-25(18-29)8-6-10-32(31)33(41)16-12-24-11-13-28(38-22-24)9-7-17-39(4)5/h6,8,10-11,13-15,18-22H,7,9,12,16-17,23H2,1-5H3. The molecule has 0 aliphatic heterocycles. The highest BCUT2D eigenvalue weighted by molar-refractivity contribution is 7.92. The molecule has 0 saturated heterocycles. The van der Waals surface area contributed by atoms with Crippen molar-refractivity contribution >= 4 is 61.4 Å². The van der Waals surface area contributed by atoms with Gasteiger partial charge < -0.3 is 9.64 Å². The molecule has 3 aromatic carbocycles. The number of aromatic nitrogens is 1. The highest BCUT2D eigenvalue weighted by atomic mass is 35.5. The van der Waals surface area contributed by atoms with E-state index in [1.165, 1.54) is 18.2 Å². The minimum absolute atomic E-state index is 0.0415. The smallest absolute Gasteiger partial charge is 0.327 e. The molecule has 0 unspecified atom stereocenters. The Kier molecular flexibility index (Phi) is 11.5. The number of anilines is 1. The predicted molar refractivity (Wildman–Crippen MR) is 185 cm³/mol. The number of nitrogens with zero attached hydrogens (tertiary/aromatic N) is 3. The number of aryl methyl sites for hydroxylation is 2. The molecular formula is C35H39Cl2N3O5S. The fraction of sp³-hybridized carbons (Fsp3) is 0.343. The first kappa shape index (κ1) is 35.4. The fourth-order valence-corrected chi connectivity index (χ4v) is 7.13. The molecule has 244 valence electrons. The quantitative estimate of drug-likeness (QED) is 0.107. The molecule has 4 aromatic rings. The number of benzene rings is 3. The molecule has 11 heteroatoms. The number of esters is 1. The van der Waals surface area contributed by atoms with Gasteiger partial charge in [0.05, 0.1) is 10.6 Å². The normalized spacial score (nSPS) is 12.0. The molecule has 0 spiro atoms. The van der Waals surface area contributed by atoms with Crippen molar-refractivity contribution in [3.63, 3.8) is 0 Å². The number of halogens is 2. The Morgan fingerprint density at radius 3 is 2.26 bits per heavy atom. The van der Waals surface area contributed by atoms with Crippen LogP contribution in [0.4, 0.5) is 5.69 Å². The van der Waals surface area contributed by atoms with E-state index in [1.807, 2.05) is 32.4 Å². The van der Waals surface area contributed by atoms with E-state index in [0.29, 0.717) is 22.8 Å². The predicted octanol–water partition coefficient (Wildman–Crippen LogP) is 7.39. The molecule has 0 fully saturated rings. The van der Waals surface area contributed by atoms with Crippen molar-refractivity contribution in [2.24, 2.45) is 0 Å². The van der Waals surface area contributed by atoms with Gasteiger partial charge in [-0.1, -0.05) is 53.5 Å². The number of Topliss-reactive ketones (excluding diaryl/α,β-unsaturated/α-hetero) is 1. The summed E-state index contributed by atoms with van der Waals surface area (Å²) in [6, 6.07) is 18.2. The third-order valence-electron chi connectivity index (χ3n) is 7.13. The van der Waals surface area contributed by atoms with Gasteiger partial charge in [0.25, 0.3) is 10.0 Å². The second kappa shape index (κ2) is 14.9. The first-order valence-electron chi connectivity index (χ1n) is 15.0. The maximum absolute atomic E-state index is 13.9. The van der Waals surface area contributed by atoms with Crippen molar-refractivity contribution in [1.82, 2.24) is 9.88 Å². The van der Waals surface area contributed by atoms with Crippen LogP contribution in [-0.4, -0.2) is 62.8 Å². The van der Waals surface area contributed by atoms with Crippen LogP contribution in [0.1, 0.15) is 55.2 Å². The van der Waals surface area contributed by atoms with Crippen molar-refractivity contribution < 1.29 is 22.7 Å². The Morgan fingerprint density at radius 1 is 0.913 bits per heavy atom. The lowest BCUT2D eigenvalue weighted by Gasteiger charge is -2.27. The molecule has 1 aromatic heterocycles. The van der Waals surface area contributed by atoms with E-state index in [1.54, 1.807) is 57.2 Å². The number of rotatable bonds is 13. The summed E-state index contributed by atoms with van der Waals surface area (Å²) in [5, 5.41) is 1.58. The van der Waals surface area contributed by atoms with E-state index in [-0.39, 0.29) is 32.8 Å². The number of ether oxygens (including phenoxy) is 1. The Morgan fingerprint density at radius 2 is 1.63 bits per heavy atom. The Bertz CT molecular complexity index is 1800. The average Bonchev–Trinajstić information content (AvgIpc) is 2.97. The number of fused-ring (bicyclic) bond motifs is 1. The largest absolute Gasteiger partial charge is 0.459 e. The maximum atomic E-state index is 13.9. The molecule has 8 nitrogen and oxygen atoms in total. The lowest BCUT2D eigenvalue weighted by molar-refractivity contribution is -0.152. The van der Waals surface area contributed by atoms with Crippen LogP contribution in [0.5, 0.6) is 0 Å². The van der Waals surface area contributed by atoms with Crippen LogP contribution in [0.3, 0.4) is 0 Å². The summed E-state index contributed by atoms with van der Waals surface area (Å²) < 4.78 is 34.2. The minimum atomic E-state index is -4.31. The van der Waals surface area contributed by atoms with E-state index in [0.717, 1.165) is 34.9 Å². The number of hydrogen-bond donors (Lipinski definition) is 0. The van der Waals surface area contributed by atoms with E-state index < -0.39 is 28.1 Å². The van der Waals surface area contributed by atoms with Crippen molar-refractivity contribution in [2.75, 3.05) is 31.5 Å².